The minimum absolute atomic E-state index is 0.0303. The molecular formula is C11H19N3O3. The molecular weight excluding hydrogens is 222 g/mol. The first-order chi connectivity index (χ1) is 8.01. The Morgan fingerprint density at radius 2 is 2.06 bits per heavy atom. The quantitative estimate of drug-likeness (QED) is 0.689. The van der Waals surface area contributed by atoms with Crippen LogP contribution in [0.4, 0.5) is 0 Å². The minimum Gasteiger partial charge on any atom is -0.395 e. The van der Waals surface area contributed by atoms with Gasteiger partial charge >= 0.3 is 5.69 Å². The molecule has 0 amide bonds. The molecule has 0 saturated heterocycles. The third-order valence-electron chi connectivity index (χ3n) is 2.81. The van der Waals surface area contributed by atoms with Gasteiger partial charge in [0.2, 0.25) is 0 Å². The highest BCUT2D eigenvalue weighted by molar-refractivity contribution is 5.05. The van der Waals surface area contributed by atoms with Gasteiger partial charge in [-0.1, -0.05) is 6.92 Å². The van der Waals surface area contributed by atoms with Crippen LogP contribution in [0.1, 0.15) is 18.9 Å². The Morgan fingerprint density at radius 1 is 1.41 bits per heavy atom. The lowest BCUT2D eigenvalue weighted by atomic mass is 10.2. The maximum Gasteiger partial charge on any atom is 0.330 e. The average molecular weight is 241 g/mol. The smallest absolute Gasteiger partial charge is 0.330 e. The number of aromatic nitrogens is 2. The van der Waals surface area contributed by atoms with Gasteiger partial charge in [0.1, 0.15) is 0 Å². The van der Waals surface area contributed by atoms with Gasteiger partial charge in [-0.3, -0.25) is 9.36 Å². The number of rotatable bonds is 5. The highest BCUT2D eigenvalue weighted by Crippen LogP contribution is 1.93. The second kappa shape index (κ2) is 5.79. The summed E-state index contributed by atoms with van der Waals surface area (Å²) in [6.07, 6.45) is 2.31. The van der Waals surface area contributed by atoms with Gasteiger partial charge in [-0.2, -0.15) is 0 Å². The third-order valence-corrected chi connectivity index (χ3v) is 2.81. The van der Waals surface area contributed by atoms with Crippen LogP contribution in [-0.4, -0.2) is 26.9 Å². The standard InChI is InChI=1S/C11H19N3O3/c1-4-9(7-15)12-5-8-6-13(2)11(17)14(3)10(8)16/h6,9,12,15H,4-5,7H2,1-3H3/t9-/m1/s1. The number of aryl methyl sites for hydroxylation is 1. The molecule has 0 aliphatic rings. The molecule has 0 spiro atoms. The Hall–Kier alpha value is -1.40. The van der Waals surface area contributed by atoms with Gasteiger partial charge in [0.05, 0.1) is 6.61 Å². The number of hydrogen-bond acceptors (Lipinski definition) is 4. The van der Waals surface area contributed by atoms with Gasteiger partial charge in [-0.15, -0.1) is 0 Å². The first kappa shape index (κ1) is 13.7. The van der Waals surface area contributed by atoms with E-state index < -0.39 is 0 Å². The van der Waals surface area contributed by atoms with E-state index in [0.29, 0.717) is 12.1 Å². The molecule has 0 aliphatic heterocycles. The van der Waals surface area contributed by atoms with Crippen LogP contribution < -0.4 is 16.6 Å². The zero-order valence-electron chi connectivity index (χ0n) is 10.4. The Balaban J connectivity index is 2.93. The van der Waals surface area contributed by atoms with E-state index in [1.807, 2.05) is 6.92 Å². The molecule has 1 heterocycles. The van der Waals surface area contributed by atoms with Crippen molar-refractivity contribution in [3.8, 4) is 0 Å². The number of aliphatic hydroxyl groups excluding tert-OH is 1. The first-order valence-corrected chi connectivity index (χ1v) is 5.61. The summed E-state index contributed by atoms with van der Waals surface area (Å²) in [6, 6.07) is -0.0306. The lowest BCUT2D eigenvalue weighted by molar-refractivity contribution is 0.238. The van der Waals surface area contributed by atoms with Crippen LogP contribution in [-0.2, 0) is 20.6 Å². The largest absolute Gasteiger partial charge is 0.395 e. The van der Waals surface area contributed by atoms with Crippen molar-refractivity contribution in [3.05, 3.63) is 32.6 Å². The molecule has 0 radical (unpaired) electrons. The summed E-state index contributed by atoms with van der Waals surface area (Å²) >= 11 is 0. The topological polar surface area (TPSA) is 76.3 Å². The second-order valence-corrected chi connectivity index (χ2v) is 4.08. The lowest BCUT2D eigenvalue weighted by Gasteiger charge is -2.14. The molecule has 2 N–H and O–H groups in total. The van der Waals surface area contributed by atoms with Crippen molar-refractivity contribution >= 4 is 0 Å². The van der Waals surface area contributed by atoms with Gasteiger partial charge in [-0.05, 0) is 6.42 Å². The molecule has 17 heavy (non-hydrogen) atoms. The van der Waals surface area contributed by atoms with E-state index in [4.69, 9.17) is 5.11 Å². The summed E-state index contributed by atoms with van der Waals surface area (Å²) in [6.45, 7) is 2.33. The van der Waals surface area contributed by atoms with Crippen molar-refractivity contribution in [2.45, 2.75) is 25.9 Å². The van der Waals surface area contributed by atoms with Crippen molar-refractivity contribution < 1.29 is 5.11 Å². The Kier molecular flexibility index (Phi) is 4.65. The molecule has 0 unspecified atom stereocenters. The van der Waals surface area contributed by atoms with Crippen molar-refractivity contribution in [3.63, 3.8) is 0 Å². The molecule has 1 rings (SSSR count). The summed E-state index contributed by atoms with van der Waals surface area (Å²) in [5.74, 6) is 0. The normalized spacial score (nSPS) is 12.7. The highest BCUT2D eigenvalue weighted by atomic mass is 16.3. The van der Waals surface area contributed by atoms with E-state index in [2.05, 4.69) is 5.32 Å². The monoisotopic (exact) mass is 241 g/mol. The van der Waals surface area contributed by atoms with Crippen molar-refractivity contribution in [1.82, 2.24) is 14.5 Å². The third kappa shape index (κ3) is 3.04. The number of nitrogens with one attached hydrogen (secondary N) is 1. The van der Waals surface area contributed by atoms with E-state index >= 15 is 0 Å². The molecule has 96 valence electrons. The Bertz CT molecular complexity index is 486. The zero-order valence-corrected chi connectivity index (χ0v) is 10.4. The van der Waals surface area contributed by atoms with Crippen LogP contribution in [0.5, 0.6) is 0 Å². The highest BCUT2D eigenvalue weighted by Gasteiger charge is 2.09. The van der Waals surface area contributed by atoms with Crippen LogP contribution >= 0.6 is 0 Å². The van der Waals surface area contributed by atoms with Crippen molar-refractivity contribution in [2.75, 3.05) is 6.61 Å². The van der Waals surface area contributed by atoms with E-state index in [9.17, 15) is 9.59 Å². The summed E-state index contributed by atoms with van der Waals surface area (Å²) in [5, 5.41) is 12.1. The summed E-state index contributed by atoms with van der Waals surface area (Å²) in [5.41, 5.74) is -0.122. The average Bonchev–Trinajstić information content (AvgIpc) is 2.33. The van der Waals surface area contributed by atoms with Crippen LogP contribution in [0.2, 0.25) is 0 Å². The first-order valence-electron chi connectivity index (χ1n) is 5.61. The number of nitrogens with zero attached hydrogens (tertiary/aromatic N) is 2. The van der Waals surface area contributed by atoms with E-state index in [1.54, 1.807) is 7.05 Å². The van der Waals surface area contributed by atoms with Gasteiger partial charge < -0.3 is 15.0 Å². The van der Waals surface area contributed by atoms with Crippen molar-refractivity contribution in [2.24, 2.45) is 14.1 Å². The summed E-state index contributed by atoms with van der Waals surface area (Å²) in [4.78, 5) is 23.2. The van der Waals surface area contributed by atoms with Gasteiger partial charge in [-0.25, -0.2) is 4.79 Å². The molecule has 0 saturated carbocycles. The molecule has 6 nitrogen and oxygen atoms in total. The van der Waals surface area contributed by atoms with Crippen LogP contribution in [0, 0.1) is 0 Å². The second-order valence-electron chi connectivity index (χ2n) is 4.08. The fourth-order valence-electron chi connectivity index (χ4n) is 1.60. The molecule has 0 bridgehead atoms. The molecule has 0 aromatic carbocycles. The van der Waals surface area contributed by atoms with E-state index in [-0.39, 0.29) is 23.9 Å². The molecule has 1 aromatic rings. The van der Waals surface area contributed by atoms with Crippen LogP contribution in [0.3, 0.4) is 0 Å². The van der Waals surface area contributed by atoms with Crippen molar-refractivity contribution in [1.29, 1.82) is 0 Å². The molecule has 0 fully saturated rings. The Morgan fingerprint density at radius 3 is 2.59 bits per heavy atom. The molecule has 1 aromatic heterocycles. The number of hydrogen-bond donors (Lipinski definition) is 2. The molecule has 0 aliphatic carbocycles. The van der Waals surface area contributed by atoms with Gasteiger partial charge in [0.25, 0.3) is 5.56 Å². The maximum atomic E-state index is 11.8. The fraction of sp³-hybridized carbons (Fsp3) is 0.636. The number of aliphatic hydroxyl groups is 1. The predicted molar refractivity (Wildman–Crippen MR) is 64.9 cm³/mol. The summed E-state index contributed by atoms with van der Waals surface area (Å²) in [7, 11) is 3.06. The van der Waals surface area contributed by atoms with Gasteiger partial charge in [0, 0.05) is 38.4 Å². The van der Waals surface area contributed by atoms with E-state index in [1.165, 1.54) is 17.8 Å². The minimum atomic E-state index is -0.340. The lowest BCUT2D eigenvalue weighted by Crippen LogP contribution is -2.41. The zero-order chi connectivity index (χ0) is 13.0. The van der Waals surface area contributed by atoms with Crippen LogP contribution in [0.25, 0.3) is 0 Å². The fourth-order valence-corrected chi connectivity index (χ4v) is 1.60. The van der Waals surface area contributed by atoms with Crippen LogP contribution in [0.15, 0.2) is 15.8 Å². The Labute approximate surface area is 99.5 Å². The molecule has 1 atom stereocenters. The van der Waals surface area contributed by atoms with E-state index in [0.717, 1.165) is 11.0 Å². The predicted octanol–water partition coefficient (Wildman–Crippen LogP) is -1.06. The maximum absolute atomic E-state index is 11.8. The van der Waals surface area contributed by atoms with Gasteiger partial charge in [0.15, 0.2) is 0 Å². The SMILES string of the molecule is CC[C@H](CO)NCc1cn(C)c(=O)n(C)c1=O. The summed E-state index contributed by atoms with van der Waals surface area (Å²) < 4.78 is 2.45. The molecule has 6 heteroatoms.